The quantitative estimate of drug-likeness (QED) is 0.686. The van der Waals surface area contributed by atoms with Crippen molar-refractivity contribution >= 4 is 0 Å². The number of ether oxygens (including phenoxy) is 2. The van der Waals surface area contributed by atoms with E-state index in [1.54, 1.807) is 0 Å². The molecule has 0 bridgehead atoms. The number of unbranched alkanes of at least 4 members (excludes halogenated alkanes) is 1. The first-order chi connectivity index (χ1) is 8.88. The van der Waals surface area contributed by atoms with Crippen LogP contribution in [0.1, 0.15) is 19.8 Å². The summed E-state index contributed by atoms with van der Waals surface area (Å²) in [6, 6.07) is 17.5. The molecule has 2 aromatic carbocycles. The molecule has 0 radical (unpaired) electrons. The molecular weight excluding hydrogens is 224 g/mol. The number of hydrogen-bond acceptors (Lipinski definition) is 2. The lowest BCUT2D eigenvalue weighted by Gasteiger charge is -2.08. The Morgan fingerprint density at radius 3 is 2.33 bits per heavy atom. The highest BCUT2D eigenvalue weighted by molar-refractivity contribution is 5.36. The molecule has 2 rings (SSSR count). The van der Waals surface area contributed by atoms with E-state index < -0.39 is 0 Å². The van der Waals surface area contributed by atoms with Gasteiger partial charge in [-0.25, -0.2) is 0 Å². The molecule has 0 heterocycles. The van der Waals surface area contributed by atoms with Crippen molar-refractivity contribution in [1.29, 1.82) is 0 Å². The summed E-state index contributed by atoms with van der Waals surface area (Å²) < 4.78 is 11.4. The maximum atomic E-state index is 5.75. The zero-order chi connectivity index (χ0) is 12.6. The van der Waals surface area contributed by atoms with E-state index in [1.807, 2.05) is 54.6 Å². The largest absolute Gasteiger partial charge is 0.493 e. The van der Waals surface area contributed by atoms with E-state index in [2.05, 4.69) is 6.92 Å². The molecule has 0 N–H and O–H groups in total. The molecule has 0 spiro atoms. The Morgan fingerprint density at radius 1 is 0.833 bits per heavy atom. The lowest BCUT2D eigenvalue weighted by atomic mass is 10.3. The second-order valence-electron chi connectivity index (χ2n) is 4.09. The predicted molar refractivity (Wildman–Crippen MR) is 73.4 cm³/mol. The third-order valence-electron chi connectivity index (χ3n) is 2.55. The molecule has 0 amide bonds. The summed E-state index contributed by atoms with van der Waals surface area (Å²) in [5, 5.41) is 0. The summed E-state index contributed by atoms with van der Waals surface area (Å²) >= 11 is 0. The minimum Gasteiger partial charge on any atom is -0.493 e. The zero-order valence-corrected chi connectivity index (χ0v) is 10.6. The summed E-state index contributed by atoms with van der Waals surface area (Å²) in [4.78, 5) is 0. The molecule has 18 heavy (non-hydrogen) atoms. The monoisotopic (exact) mass is 242 g/mol. The first-order valence-corrected chi connectivity index (χ1v) is 6.34. The van der Waals surface area contributed by atoms with Gasteiger partial charge in [-0.15, -0.1) is 0 Å². The number of benzene rings is 2. The Kier molecular flexibility index (Phi) is 4.65. The van der Waals surface area contributed by atoms with E-state index in [9.17, 15) is 0 Å². The lowest BCUT2D eigenvalue weighted by molar-refractivity contribution is 0.308. The molecule has 94 valence electrons. The number of rotatable bonds is 6. The summed E-state index contributed by atoms with van der Waals surface area (Å²) in [5.74, 6) is 2.50. The molecule has 0 atom stereocenters. The summed E-state index contributed by atoms with van der Waals surface area (Å²) in [6.07, 6.45) is 2.21. The van der Waals surface area contributed by atoms with Crippen molar-refractivity contribution in [2.75, 3.05) is 6.61 Å². The highest BCUT2D eigenvalue weighted by atomic mass is 16.5. The van der Waals surface area contributed by atoms with Crippen LogP contribution in [0.15, 0.2) is 54.6 Å². The third-order valence-corrected chi connectivity index (χ3v) is 2.55. The fraction of sp³-hybridized carbons (Fsp3) is 0.250. The van der Waals surface area contributed by atoms with Gasteiger partial charge in [0, 0.05) is 6.07 Å². The van der Waals surface area contributed by atoms with Gasteiger partial charge in [0.05, 0.1) is 6.61 Å². The molecule has 2 aromatic rings. The fourth-order valence-corrected chi connectivity index (χ4v) is 1.59. The first kappa shape index (κ1) is 12.5. The van der Waals surface area contributed by atoms with Crippen LogP contribution in [0.3, 0.4) is 0 Å². The van der Waals surface area contributed by atoms with Crippen LogP contribution in [0.2, 0.25) is 0 Å². The van der Waals surface area contributed by atoms with Gasteiger partial charge >= 0.3 is 0 Å². The normalized spacial score (nSPS) is 10.1. The molecule has 2 heteroatoms. The van der Waals surface area contributed by atoms with Crippen LogP contribution in [-0.4, -0.2) is 6.61 Å². The zero-order valence-electron chi connectivity index (χ0n) is 10.6. The van der Waals surface area contributed by atoms with E-state index >= 15 is 0 Å². The van der Waals surface area contributed by atoms with Crippen molar-refractivity contribution in [2.24, 2.45) is 0 Å². The van der Waals surface area contributed by atoms with Crippen molar-refractivity contribution in [2.45, 2.75) is 19.8 Å². The molecule has 0 saturated heterocycles. The Labute approximate surface area is 108 Å². The standard InChI is InChI=1S/C16H18O2/c1-2-3-12-17-15-10-7-11-16(13-15)18-14-8-5-4-6-9-14/h4-11,13H,2-3,12H2,1H3. The van der Waals surface area contributed by atoms with E-state index in [4.69, 9.17) is 9.47 Å². The Morgan fingerprint density at radius 2 is 1.56 bits per heavy atom. The van der Waals surface area contributed by atoms with Crippen molar-refractivity contribution in [3.8, 4) is 17.2 Å². The topological polar surface area (TPSA) is 18.5 Å². The Hall–Kier alpha value is -1.96. The summed E-state index contributed by atoms with van der Waals surface area (Å²) in [7, 11) is 0. The van der Waals surface area contributed by atoms with Crippen LogP contribution in [0, 0.1) is 0 Å². The molecule has 0 aliphatic carbocycles. The van der Waals surface area contributed by atoms with Crippen LogP contribution in [0.25, 0.3) is 0 Å². The molecule has 2 nitrogen and oxygen atoms in total. The van der Waals surface area contributed by atoms with Crippen molar-refractivity contribution in [3.05, 3.63) is 54.6 Å². The number of hydrogen-bond donors (Lipinski definition) is 0. The van der Waals surface area contributed by atoms with Gasteiger partial charge in [0.1, 0.15) is 17.2 Å². The van der Waals surface area contributed by atoms with E-state index in [0.29, 0.717) is 0 Å². The highest BCUT2D eigenvalue weighted by Crippen LogP contribution is 2.24. The summed E-state index contributed by atoms with van der Waals surface area (Å²) in [6.45, 7) is 2.91. The lowest BCUT2D eigenvalue weighted by Crippen LogP contribution is -1.96. The molecule has 0 aliphatic rings. The molecule has 0 aromatic heterocycles. The molecule has 0 fully saturated rings. The van der Waals surface area contributed by atoms with E-state index in [-0.39, 0.29) is 0 Å². The van der Waals surface area contributed by atoms with Crippen molar-refractivity contribution < 1.29 is 9.47 Å². The second-order valence-corrected chi connectivity index (χ2v) is 4.09. The van der Waals surface area contributed by atoms with Gasteiger partial charge in [0.2, 0.25) is 0 Å². The van der Waals surface area contributed by atoms with Crippen LogP contribution >= 0.6 is 0 Å². The van der Waals surface area contributed by atoms with Gasteiger partial charge in [-0.2, -0.15) is 0 Å². The Bertz CT molecular complexity index is 466. The maximum Gasteiger partial charge on any atom is 0.131 e. The van der Waals surface area contributed by atoms with Gasteiger partial charge in [0.25, 0.3) is 0 Å². The van der Waals surface area contributed by atoms with Gasteiger partial charge in [-0.05, 0) is 30.7 Å². The minimum atomic E-state index is 0.755. The second kappa shape index (κ2) is 6.70. The SMILES string of the molecule is CCCCOc1cccc(Oc2ccccc2)c1. The molecule has 0 unspecified atom stereocenters. The molecule has 0 aliphatic heterocycles. The minimum absolute atomic E-state index is 0.755. The van der Waals surface area contributed by atoms with Crippen LogP contribution in [-0.2, 0) is 0 Å². The van der Waals surface area contributed by atoms with E-state index in [0.717, 1.165) is 36.7 Å². The maximum absolute atomic E-state index is 5.75. The smallest absolute Gasteiger partial charge is 0.131 e. The molecular formula is C16H18O2. The van der Waals surface area contributed by atoms with Gasteiger partial charge in [0.15, 0.2) is 0 Å². The van der Waals surface area contributed by atoms with E-state index in [1.165, 1.54) is 0 Å². The van der Waals surface area contributed by atoms with Crippen LogP contribution in [0.5, 0.6) is 17.2 Å². The average molecular weight is 242 g/mol. The third kappa shape index (κ3) is 3.81. The predicted octanol–water partition coefficient (Wildman–Crippen LogP) is 4.66. The highest BCUT2D eigenvalue weighted by Gasteiger charge is 1.99. The van der Waals surface area contributed by atoms with Gasteiger partial charge < -0.3 is 9.47 Å². The fourth-order valence-electron chi connectivity index (χ4n) is 1.59. The summed E-state index contributed by atoms with van der Waals surface area (Å²) in [5.41, 5.74) is 0. The van der Waals surface area contributed by atoms with Crippen LogP contribution in [0.4, 0.5) is 0 Å². The Balaban J connectivity index is 1.99. The van der Waals surface area contributed by atoms with Crippen molar-refractivity contribution in [3.63, 3.8) is 0 Å². The van der Waals surface area contributed by atoms with Crippen LogP contribution < -0.4 is 9.47 Å². The average Bonchev–Trinajstić information content (AvgIpc) is 2.41. The van der Waals surface area contributed by atoms with Gasteiger partial charge in [-0.1, -0.05) is 37.6 Å². The first-order valence-electron chi connectivity index (χ1n) is 6.34. The number of para-hydroxylation sites is 1. The molecule has 0 saturated carbocycles. The van der Waals surface area contributed by atoms with Crippen molar-refractivity contribution in [1.82, 2.24) is 0 Å². The van der Waals surface area contributed by atoms with Gasteiger partial charge in [-0.3, -0.25) is 0 Å².